The van der Waals surface area contributed by atoms with E-state index in [1.165, 1.54) is 29.2 Å². The Balaban J connectivity index is 1.30. The zero-order chi connectivity index (χ0) is 21.6. The van der Waals surface area contributed by atoms with Crippen molar-refractivity contribution < 1.29 is 22.7 Å². The van der Waals surface area contributed by atoms with Gasteiger partial charge >= 0.3 is 0 Å². The molecule has 2 saturated heterocycles. The summed E-state index contributed by atoms with van der Waals surface area (Å²) in [5.41, 5.74) is 0.0796. The number of hydrogen-bond donors (Lipinski definition) is 1. The molecule has 11 heteroatoms. The average Bonchev–Trinajstić information content (AvgIpc) is 3.54. The van der Waals surface area contributed by atoms with E-state index in [4.69, 9.17) is 4.42 Å². The Kier molecular flexibility index (Phi) is 4.83. The Morgan fingerprint density at radius 1 is 1.13 bits per heavy atom. The summed E-state index contributed by atoms with van der Waals surface area (Å²) >= 11 is 1.16. The normalized spacial score (nSPS) is 21.9. The fraction of sp³-hybridized carbons (Fsp3) is 0.350. The summed E-state index contributed by atoms with van der Waals surface area (Å²) < 4.78 is 33.5. The van der Waals surface area contributed by atoms with Crippen LogP contribution in [0.15, 0.2) is 51.8 Å². The number of rotatable bonds is 4. The van der Waals surface area contributed by atoms with Crippen molar-refractivity contribution in [2.45, 2.75) is 17.1 Å². The lowest BCUT2D eigenvalue weighted by Crippen LogP contribution is -2.35. The molecule has 3 aromatic rings. The molecule has 5 heterocycles. The maximum atomic E-state index is 13.2. The number of carbonyl (C=O) groups excluding carboxylic acids is 1. The molecule has 1 amide bonds. The summed E-state index contributed by atoms with van der Waals surface area (Å²) in [7, 11) is -3.62. The Labute approximate surface area is 183 Å². The van der Waals surface area contributed by atoms with Gasteiger partial charge in [0.25, 0.3) is 15.9 Å². The van der Waals surface area contributed by atoms with Crippen molar-refractivity contribution in [1.29, 1.82) is 0 Å². The third-order valence-electron chi connectivity index (χ3n) is 5.95. The lowest BCUT2D eigenvalue weighted by molar-refractivity contribution is 0.0774. The van der Waals surface area contributed by atoms with E-state index in [-0.39, 0.29) is 21.3 Å². The highest BCUT2D eigenvalue weighted by molar-refractivity contribution is 7.91. The Morgan fingerprint density at radius 3 is 2.74 bits per heavy atom. The summed E-state index contributed by atoms with van der Waals surface area (Å²) in [6.45, 7) is 1.85. The van der Waals surface area contributed by atoms with Crippen LogP contribution in [0, 0.1) is 5.41 Å². The van der Waals surface area contributed by atoms with Crippen LogP contribution in [0.4, 0.5) is 0 Å². The molecular weight excluding hydrogens is 440 g/mol. The Hall–Kier alpha value is -2.76. The molecule has 2 fully saturated rings. The third kappa shape index (κ3) is 3.62. The largest absolute Gasteiger partial charge is 0.506 e. The zero-order valence-corrected chi connectivity index (χ0v) is 18.1. The van der Waals surface area contributed by atoms with Crippen LogP contribution >= 0.6 is 11.3 Å². The number of nitrogens with zero attached hydrogens (tertiary/aromatic N) is 4. The number of thiophene rings is 1. The minimum atomic E-state index is -3.62. The standard InChI is InChI=1S/C20H20N4O5S2/c25-15-7-14(8-21-9-15)19(26)23-5-3-20(11-23)4-6-24(12-20)31(27,28)18-2-1-17(30-18)16-10-22-13-29-16/h1-2,7-10,13,25H,3-6,11-12H2. The maximum absolute atomic E-state index is 13.2. The number of oxazole rings is 1. The van der Waals surface area contributed by atoms with Gasteiger partial charge in [0.2, 0.25) is 0 Å². The molecule has 31 heavy (non-hydrogen) atoms. The molecule has 0 aliphatic carbocycles. The van der Waals surface area contributed by atoms with E-state index in [1.807, 2.05) is 0 Å². The molecule has 2 aliphatic rings. The molecule has 1 atom stereocenters. The Bertz CT molecular complexity index is 1220. The molecule has 1 unspecified atom stereocenters. The number of sulfonamides is 1. The molecule has 162 valence electrons. The first-order valence-corrected chi connectivity index (χ1v) is 12.0. The fourth-order valence-electron chi connectivity index (χ4n) is 4.32. The van der Waals surface area contributed by atoms with Crippen molar-refractivity contribution in [3.63, 3.8) is 0 Å². The number of pyridine rings is 1. The van der Waals surface area contributed by atoms with Crippen LogP contribution < -0.4 is 0 Å². The minimum absolute atomic E-state index is 0.0569. The van der Waals surface area contributed by atoms with Gasteiger partial charge in [0, 0.05) is 37.8 Å². The van der Waals surface area contributed by atoms with Crippen LogP contribution in [0.1, 0.15) is 23.2 Å². The van der Waals surface area contributed by atoms with Crippen molar-refractivity contribution >= 4 is 27.3 Å². The van der Waals surface area contributed by atoms with Crippen LogP contribution in [0.5, 0.6) is 5.75 Å². The molecular formula is C20H20N4O5S2. The molecule has 1 spiro atoms. The van der Waals surface area contributed by atoms with Gasteiger partial charge in [-0.25, -0.2) is 13.4 Å². The molecule has 0 aromatic carbocycles. The van der Waals surface area contributed by atoms with Gasteiger partial charge in [0.1, 0.15) is 9.96 Å². The van der Waals surface area contributed by atoms with Gasteiger partial charge in [-0.3, -0.25) is 9.78 Å². The summed E-state index contributed by atoms with van der Waals surface area (Å²) in [5, 5.41) is 9.59. The lowest BCUT2D eigenvalue weighted by Gasteiger charge is -2.24. The van der Waals surface area contributed by atoms with Gasteiger partial charge in [-0.1, -0.05) is 0 Å². The number of likely N-dealkylation sites (tertiary alicyclic amines) is 1. The highest BCUT2D eigenvalue weighted by atomic mass is 32.2. The fourth-order valence-corrected chi connectivity index (χ4v) is 7.29. The average molecular weight is 461 g/mol. The van der Waals surface area contributed by atoms with Gasteiger partial charge in [-0.05, 0) is 31.0 Å². The summed E-state index contributed by atoms with van der Waals surface area (Å²) in [4.78, 5) is 23.0. The van der Waals surface area contributed by atoms with Gasteiger partial charge < -0.3 is 14.4 Å². The second-order valence-corrected chi connectivity index (χ2v) is 11.2. The smallest absolute Gasteiger partial charge is 0.255 e. The first-order valence-electron chi connectivity index (χ1n) is 9.79. The molecule has 5 rings (SSSR count). The van der Waals surface area contributed by atoms with E-state index in [2.05, 4.69) is 9.97 Å². The SMILES string of the molecule is O=C(c1cncc(O)c1)N1CCC2(CCN(S(=O)(=O)c3ccc(-c4cnco4)s3)C2)C1. The molecule has 3 aromatic heterocycles. The van der Waals surface area contributed by atoms with Gasteiger partial charge in [-0.2, -0.15) is 4.31 Å². The topological polar surface area (TPSA) is 117 Å². The molecule has 0 saturated carbocycles. The van der Waals surface area contributed by atoms with Crippen molar-refractivity contribution in [3.8, 4) is 16.4 Å². The second-order valence-electron chi connectivity index (χ2n) is 7.98. The monoisotopic (exact) mass is 460 g/mol. The highest BCUT2D eigenvalue weighted by Gasteiger charge is 2.48. The number of aromatic nitrogens is 2. The summed E-state index contributed by atoms with van der Waals surface area (Å²) in [6, 6.07) is 4.72. The van der Waals surface area contributed by atoms with Crippen LogP contribution in [0.25, 0.3) is 10.6 Å². The molecule has 0 radical (unpaired) electrons. The quantitative estimate of drug-likeness (QED) is 0.635. The predicted molar refractivity (Wildman–Crippen MR) is 112 cm³/mol. The number of hydrogen-bond acceptors (Lipinski definition) is 8. The number of aromatic hydroxyl groups is 1. The van der Waals surface area contributed by atoms with Crippen molar-refractivity contribution in [3.05, 3.63) is 48.7 Å². The number of carbonyl (C=O) groups is 1. The van der Waals surface area contributed by atoms with Crippen molar-refractivity contribution in [2.24, 2.45) is 5.41 Å². The zero-order valence-electron chi connectivity index (χ0n) is 16.5. The summed E-state index contributed by atoms with van der Waals surface area (Å²) in [5.74, 6) is 0.283. The molecule has 9 nitrogen and oxygen atoms in total. The van der Waals surface area contributed by atoms with Crippen molar-refractivity contribution in [1.82, 2.24) is 19.2 Å². The van der Waals surface area contributed by atoms with E-state index < -0.39 is 10.0 Å². The first kappa shape index (κ1) is 20.2. The van der Waals surface area contributed by atoms with Crippen LogP contribution in [0.2, 0.25) is 0 Å². The van der Waals surface area contributed by atoms with Gasteiger partial charge in [0.15, 0.2) is 12.2 Å². The first-order chi connectivity index (χ1) is 14.9. The van der Waals surface area contributed by atoms with Gasteiger partial charge in [-0.15, -0.1) is 11.3 Å². The molecule has 1 N–H and O–H groups in total. The van der Waals surface area contributed by atoms with Crippen LogP contribution in [0.3, 0.4) is 0 Å². The summed E-state index contributed by atoms with van der Waals surface area (Å²) in [6.07, 6.45) is 7.02. The van der Waals surface area contributed by atoms with Crippen LogP contribution in [-0.4, -0.2) is 64.8 Å². The van der Waals surface area contributed by atoms with E-state index in [0.717, 1.165) is 17.8 Å². The number of amides is 1. The second kappa shape index (κ2) is 7.43. The van der Waals surface area contributed by atoms with Gasteiger partial charge in [0.05, 0.1) is 22.8 Å². The Morgan fingerprint density at radius 2 is 1.97 bits per heavy atom. The lowest BCUT2D eigenvalue weighted by atomic mass is 9.86. The molecule has 2 aliphatic heterocycles. The van der Waals surface area contributed by atoms with Crippen LogP contribution in [-0.2, 0) is 10.0 Å². The maximum Gasteiger partial charge on any atom is 0.255 e. The van der Waals surface area contributed by atoms with Crippen molar-refractivity contribution in [2.75, 3.05) is 26.2 Å². The van der Waals surface area contributed by atoms with E-state index in [1.54, 1.807) is 23.2 Å². The van der Waals surface area contributed by atoms with E-state index in [9.17, 15) is 18.3 Å². The highest BCUT2D eigenvalue weighted by Crippen LogP contribution is 2.43. The molecule has 0 bridgehead atoms. The van der Waals surface area contributed by atoms with E-state index >= 15 is 0 Å². The predicted octanol–water partition coefficient (Wildman–Crippen LogP) is 2.43. The van der Waals surface area contributed by atoms with E-state index in [0.29, 0.717) is 48.8 Å². The third-order valence-corrected chi connectivity index (χ3v) is 9.36. The minimum Gasteiger partial charge on any atom is -0.506 e.